The lowest BCUT2D eigenvalue weighted by atomic mass is 9.94. The summed E-state index contributed by atoms with van der Waals surface area (Å²) in [5.41, 5.74) is 5.60. The number of halogens is 2. The number of nitrogens with zero attached hydrogens (tertiary/aromatic N) is 5. The maximum absolute atomic E-state index is 17.7. The van der Waals surface area contributed by atoms with E-state index in [1.54, 1.807) is 23.5 Å². The van der Waals surface area contributed by atoms with Crippen molar-refractivity contribution in [3.05, 3.63) is 87.5 Å². The lowest BCUT2D eigenvalue weighted by molar-refractivity contribution is -0.128. The normalized spacial score (nSPS) is 17.7. The van der Waals surface area contributed by atoms with Gasteiger partial charge in [-0.3, -0.25) is 19.1 Å². The van der Waals surface area contributed by atoms with Gasteiger partial charge < -0.3 is 20.1 Å². The number of carbonyl (C=O) groups excluding carboxylic acids is 1. The molecule has 2 atom stereocenters. The Morgan fingerprint density at radius 2 is 1.91 bits per heavy atom. The molecule has 2 N–H and O–H groups in total. The Hall–Kier alpha value is -4.70. The zero-order chi connectivity index (χ0) is 32.6. The third-order valence-corrected chi connectivity index (χ3v) is 9.70. The Kier molecular flexibility index (Phi) is 7.15. The molecule has 5 aromatic rings. The van der Waals surface area contributed by atoms with Crippen molar-refractivity contribution in [2.75, 3.05) is 29.9 Å². The van der Waals surface area contributed by atoms with Crippen LogP contribution in [0.4, 0.5) is 15.8 Å². The Bertz CT molecular complexity index is 2150. The number of aromatic amines is 1. The van der Waals surface area contributed by atoms with Crippen LogP contribution in [0.2, 0.25) is 5.02 Å². The molecule has 1 fully saturated rings. The van der Waals surface area contributed by atoms with Crippen LogP contribution in [0.5, 0.6) is 0 Å². The summed E-state index contributed by atoms with van der Waals surface area (Å²) in [7, 11) is 0. The van der Waals surface area contributed by atoms with Gasteiger partial charge in [-0.05, 0) is 62.1 Å². The van der Waals surface area contributed by atoms with Crippen LogP contribution in [0.3, 0.4) is 0 Å². The minimum absolute atomic E-state index is 0.0450. The molecule has 2 aliphatic rings. The predicted octanol–water partition coefficient (Wildman–Crippen LogP) is 6.48. The number of anilines is 2. The number of hydrogen-bond acceptors (Lipinski definition) is 6. The number of rotatable bonds is 4. The maximum atomic E-state index is 17.7. The second-order valence-corrected chi connectivity index (χ2v) is 13.0. The number of imidazole rings is 1. The zero-order valence-electron chi connectivity index (χ0n) is 26.4. The Morgan fingerprint density at radius 1 is 1.13 bits per heavy atom. The molecule has 7 rings (SSSR count). The average molecular weight is 640 g/mol. The number of aryl methyl sites for hydroxylation is 2. The minimum atomic E-state index is -0.616. The third-order valence-electron chi connectivity index (χ3n) is 9.40. The average Bonchev–Trinajstić information content (AvgIpc) is 3.51. The van der Waals surface area contributed by atoms with E-state index >= 15 is 4.39 Å². The lowest BCUT2D eigenvalue weighted by Gasteiger charge is -2.49. The molecular formula is C35H35ClFN7O2. The van der Waals surface area contributed by atoms with Crippen molar-refractivity contribution in [1.29, 1.82) is 0 Å². The van der Waals surface area contributed by atoms with E-state index in [4.69, 9.17) is 11.6 Å². The van der Waals surface area contributed by atoms with Crippen molar-refractivity contribution in [3.8, 4) is 16.8 Å². The molecule has 0 saturated carbocycles. The fourth-order valence-corrected chi connectivity index (χ4v) is 7.48. The molecule has 1 saturated heterocycles. The molecule has 2 aromatic carbocycles. The first-order valence-corrected chi connectivity index (χ1v) is 15.8. The molecule has 0 radical (unpaired) electrons. The molecule has 2 aliphatic heterocycles. The molecule has 3 aromatic heterocycles. The van der Waals surface area contributed by atoms with E-state index in [1.165, 1.54) is 10.6 Å². The first-order chi connectivity index (χ1) is 22.0. The highest BCUT2D eigenvalue weighted by Crippen LogP contribution is 2.46. The van der Waals surface area contributed by atoms with Gasteiger partial charge in [0.05, 0.1) is 51.0 Å². The summed E-state index contributed by atoms with van der Waals surface area (Å²) in [5, 5.41) is 4.07. The molecule has 46 heavy (non-hydrogen) atoms. The number of aromatic nitrogens is 4. The molecule has 2 unspecified atom stereocenters. The number of hydrogen-bond donors (Lipinski definition) is 2. The van der Waals surface area contributed by atoms with Crippen molar-refractivity contribution in [1.82, 2.24) is 24.4 Å². The standard InChI is InChI=1S/C35H35ClFN7O2/c1-7-25(45)42-15-21-13-39-31-34(43(21)14-20(42)6)22-12-23(36)27(26-18(4)8-9-24-30(26)41-16-40-24)28(37)33(22)44(35(31)46)32-19(5)10-11-38-29(32)17(2)3/h7-12,16-17,20-21,39H,1,13-15H2,2-6H3,(H,40,41). The van der Waals surface area contributed by atoms with Gasteiger partial charge in [-0.2, -0.15) is 0 Å². The van der Waals surface area contributed by atoms with E-state index < -0.39 is 5.82 Å². The largest absolute Gasteiger partial charge is 0.377 e. The van der Waals surface area contributed by atoms with Crippen LogP contribution < -0.4 is 15.8 Å². The molecule has 0 aliphatic carbocycles. The van der Waals surface area contributed by atoms with Crippen molar-refractivity contribution >= 4 is 50.8 Å². The predicted molar refractivity (Wildman–Crippen MR) is 182 cm³/mol. The topological polar surface area (TPSA) is 99.1 Å². The van der Waals surface area contributed by atoms with Gasteiger partial charge in [-0.15, -0.1) is 0 Å². The van der Waals surface area contributed by atoms with E-state index in [9.17, 15) is 9.59 Å². The van der Waals surface area contributed by atoms with Crippen LogP contribution >= 0.6 is 11.6 Å². The van der Waals surface area contributed by atoms with Gasteiger partial charge >= 0.3 is 0 Å². The van der Waals surface area contributed by atoms with E-state index in [2.05, 4.69) is 31.7 Å². The highest BCUT2D eigenvalue weighted by atomic mass is 35.5. The minimum Gasteiger partial charge on any atom is -0.377 e. The van der Waals surface area contributed by atoms with Crippen LogP contribution in [-0.2, 0) is 4.79 Å². The maximum Gasteiger partial charge on any atom is 0.281 e. The Balaban J connectivity index is 1.61. The first kappa shape index (κ1) is 30.0. The quantitative estimate of drug-likeness (QED) is 0.219. The highest BCUT2D eigenvalue weighted by molar-refractivity contribution is 6.35. The number of piperazine rings is 1. The number of nitrogens with one attached hydrogen (secondary N) is 2. The van der Waals surface area contributed by atoms with Crippen LogP contribution in [-0.4, -0.2) is 62.0 Å². The molecule has 5 heterocycles. The lowest BCUT2D eigenvalue weighted by Crippen LogP contribution is -2.62. The molecule has 236 valence electrons. The van der Waals surface area contributed by atoms with Crippen LogP contribution in [0, 0.1) is 19.7 Å². The molecule has 0 spiro atoms. The highest BCUT2D eigenvalue weighted by Gasteiger charge is 2.40. The fraction of sp³-hybridized carbons (Fsp3) is 0.314. The van der Waals surface area contributed by atoms with E-state index in [-0.39, 0.29) is 45.6 Å². The summed E-state index contributed by atoms with van der Waals surface area (Å²) in [6.07, 6.45) is 4.62. The van der Waals surface area contributed by atoms with Gasteiger partial charge in [0.25, 0.3) is 5.56 Å². The van der Waals surface area contributed by atoms with Gasteiger partial charge in [-0.1, -0.05) is 38.1 Å². The molecule has 11 heteroatoms. The van der Waals surface area contributed by atoms with Crippen LogP contribution in [0.25, 0.3) is 38.8 Å². The third kappa shape index (κ3) is 4.34. The van der Waals surface area contributed by atoms with Gasteiger partial charge in [0.2, 0.25) is 5.91 Å². The molecular weight excluding hydrogens is 605 g/mol. The summed E-state index contributed by atoms with van der Waals surface area (Å²) in [4.78, 5) is 43.7. The van der Waals surface area contributed by atoms with E-state index in [1.807, 2.05) is 52.8 Å². The van der Waals surface area contributed by atoms with Crippen molar-refractivity contribution in [3.63, 3.8) is 0 Å². The van der Waals surface area contributed by atoms with Gasteiger partial charge in [0.1, 0.15) is 5.69 Å². The Labute approximate surface area is 270 Å². The fourth-order valence-electron chi connectivity index (χ4n) is 7.20. The summed E-state index contributed by atoms with van der Waals surface area (Å²) in [6.45, 7) is 14.8. The molecule has 9 nitrogen and oxygen atoms in total. The van der Waals surface area contributed by atoms with Crippen molar-refractivity contribution < 1.29 is 9.18 Å². The number of H-pyrrole nitrogens is 1. The van der Waals surface area contributed by atoms with Gasteiger partial charge in [0, 0.05) is 48.4 Å². The number of benzene rings is 2. The second-order valence-electron chi connectivity index (χ2n) is 12.6. The summed E-state index contributed by atoms with van der Waals surface area (Å²) in [6, 6.07) is 7.09. The van der Waals surface area contributed by atoms with Crippen molar-refractivity contribution in [2.45, 2.75) is 52.6 Å². The zero-order valence-corrected chi connectivity index (χ0v) is 27.2. The second kappa shape index (κ2) is 11.0. The summed E-state index contributed by atoms with van der Waals surface area (Å²) >= 11 is 7.08. The first-order valence-electron chi connectivity index (χ1n) is 15.5. The number of pyridine rings is 2. The molecule has 0 bridgehead atoms. The summed E-state index contributed by atoms with van der Waals surface area (Å²) < 4.78 is 19.2. The van der Waals surface area contributed by atoms with E-state index in [0.717, 1.165) is 16.6 Å². The smallest absolute Gasteiger partial charge is 0.281 e. The van der Waals surface area contributed by atoms with E-state index in [0.29, 0.717) is 58.9 Å². The van der Waals surface area contributed by atoms with Gasteiger partial charge in [-0.25, -0.2) is 9.37 Å². The summed E-state index contributed by atoms with van der Waals surface area (Å²) in [5.74, 6) is -0.806. The Morgan fingerprint density at radius 3 is 2.65 bits per heavy atom. The number of fused-ring (bicyclic) bond motifs is 6. The SMILES string of the molecule is C=CC(=O)N1CC2CNc3c(c4cc(Cl)c(-c5c(C)ccc6[nH]cnc56)c(F)c4n(-c4c(C)ccnc4C(C)C)c3=O)N2CC1C. The van der Waals surface area contributed by atoms with Crippen LogP contribution in [0.1, 0.15) is 43.5 Å². The van der Waals surface area contributed by atoms with Gasteiger partial charge in [0.15, 0.2) is 5.82 Å². The number of amides is 1. The van der Waals surface area contributed by atoms with Crippen molar-refractivity contribution in [2.24, 2.45) is 0 Å². The number of carbonyl (C=O) groups is 1. The monoisotopic (exact) mass is 639 g/mol. The van der Waals surface area contributed by atoms with Crippen LogP contribution in [0.15, 0.2) is 54.2 Å². The molecule has 1 amide bonds.